The molecule has 1 aromatic rings. The monoisotopic (exact) mass is 376 g/mol. The first-order valence-electron chi connectivity index (χ1n) is 9.57. The second-order valence-electron chi connectivity index (χ2n) is 7.34. The number of carbonyl (C=O) groups excluding carboxylic acids is 2. The molecule has 1 unspecified atom stereocenters. The molecule has 7 heteroatoms. The maximum absolute atomic E-state index is 11.8. The van der Waals surface area contributed by atoms with Gasteiger partial charge in [-0.3, -0.25) is 4.79 Å². The number of nitrogens with one attached hydrogen (secondary N) is 1. The zero-order chi connectivity index (χ0) is 19.2. The Balaban J connectivity index is 1.34. The first-order valence-corrected chi connectivity index (χ1v) is 9.57. The lowest BCUT2D eigenvalue weighted by Gasteiger charge is -2.33. The van der Waals surface area contributed by atoms with Gasteiger partial charge in [-0.15, -0.1) is 0 Å². The minimum atomic E-state index is -0.595. The van der Waals surface area contributed by atoms with Gasteiger partial charge in [-0.2, -0.15) is 0 Å². The number of aliphatic hydroxyl groups is 1. The molecule has 1 heterocycles. The predicted molar refractivity (Wildman–Crippen MR) is 99.6 cm³/mol. The molecule has 1 saturated heterocycles. The molecular weight excluding hydrogens is 348 g/mol. The van der Waals surface area contributed by atoms with Gasteiger partial charge in [0.25, 0.3) is 0 Å². The number of benzene rings is 1. The van der Waals surface area contributed by atoms with Crippen molar-refractivity contribution in [3.8, 4) is 5.75 Å². The number of ether oxygens (including phenoxy) is 2. The highest BCUT2D eigenvalue weighted by Gasteiger charge is 2.31. The van der Waals surface area contributed by atoms with Crippen LogP contribution in [-0.4, -0.2) is 67.4 Å². The van der Waals surface area contributed by atoms with E-state index in [0.29, 0.717) is 17.9 Å². The van der Waals surface area contributed by atoms with E-state index in [4.69, 9.17) is 4.74 Å². The first-order chi connectivity index (χ1) is 13.0. The van der Waals surface area contributed by atoms with Gasteiger partial charge in [0.15, 0.2) is 0 Å². The predicted octanol–water partition coefficient (Wildman–Crippen LogP) is 1.20. The molecule has 2 N–H and O–H groups in total. The van der Waals surface area contributed by atoms with Gasteiger partial charge in [0.05, 0.1) is 12.7 Å². The van der Waals surface area contributed by atoms with E-state index in [1.54, 1.807) is 24.3 Å². The van der Waals surface area contributed by atoms with Gasteiger partial charge in [0.1, 0.15) is 18.5 Å². The summed E-state index contributed by atoms with van der Waals surface area (Å²) in [4.78, 5) is 25.4. The summed E-state index contributed by atoms with van der Waals surface area (Å²) in [7, 11) is 1.34. The molecule has 1 aliphatic heterocycles. The number of aliphatic hydroxyl groups excluding tert-OH is 1. The molecule has 27 heavy (non-hydrogen) atoms. The number of nitrogens with zero attached hydrogens (tertiary/aromatic N) is 1. The normalized spacial score (nSPS) is 19.3. The average molecular weight is 376 g/mol. The number of hydrogen-bond acceptors (Lipinski definition) is 6. The smallest absolute Gasteiger partial charge is 0.337 e. The van der Waals surface area contributed by atoms with Crippen LogP contribution in [0.5, 0.6) is 5.75 Å². The third-order valence-electron chi connectivity index (χ3n) is 5.07. The maximum atomic E-state index is 11.8. The average Bonchev–Trinajstić information content (AvgIpc) is 3.53. The lowest BCUT2D eigenvalue weighted by molar-refractivity contribution is -0.123. The van der Waals surface area contributed by atoms with Gasteiger partial charge in [-0.1, -0.05) is 0 Å². The molecule has 0 bridgehead atoms. The molecular formula is C20H28N2O5. The Morgan fingerprint density at radius 2 is 1.85 bits per heavy atom. The number of carbonyl (C=O) groups is 2. The van der Waals surface area contributed by atoms with E-state index in [1.165, 1.54) is 7.11 Å². The number of likely N-dealkylation sites (tertiary alicyclic amines) is 1. The molecule has 1 atom stereocenters. The molecule has 1 amide bonds. The summed E-state index contributed by atoms with van der Waals surface area (Å²) < 4.78 is 10.3. The zero-order valence-electron chi connectivity index (χ0n) is 15.7. The van der Waals surface area contributed by atoms with Gasteiger partial charge < -0.3 is 24.8 Å². The maximum Gasteiger partial charge on any atom is 0.337 e. The van der Waals surface area contributed by atoms with Crippen LogP contribution in [0.4, 0.5) is 0 Å². The molecule has 2 fully saturated rings. The number of β-amino-alcohol motifs (C(OH)–C–C–N with tert-alkyl or cyclic N) is 1. The van der Waals surface area contributed by atoms with Crippen molar-refractivity contribution < 1.29 is 24.2 Å². The van der Waals surface area contributed by atoms with E-state index in [2.05, 4.69) is 15.0 Å². The molecule has 0 aromatic heterocycles. The highest BCUT2D eigenvalue weighted by Crippen LogP contribution is 2.29. The Morgan fingerprint density at radius 1 is 1.19 bits per heavy atom. The van der Waals surface area contributed by atoms with Crippen molar-refractivity contribution in [2.24, 2.45) is 5.92 Å². The minimum absolute atomic E-state index is 0.190. The zero-order valence-corrected chi connectivity index (χ0v) is 15.7. The Labute approximate surface area is 159 Å². The highest BCUT2D eigenvalue weighted by atomic mass is 16.5. The second-order valence-corrected chi connectivity index (χ2v) is 7.34. The van der Waals surface area contributed by atoms with Crippen LogP contribution in [0.1, 0.15) is 36.0 Å². The van der Waals surface area contributed by atoms with Crippen LogP contribution in [0.2, 0.25) is 0 Å². The quantitative estimate of drug-likeness (QED) is 0.663. The van der Waals surface area contributed by atoms with Crippen LogP contribution < -0.4 is 10.1 Å². The number of piperidine rings is 1. The second kappa shape index (κ2) is 9.19. The van der Waals surface area contributed by atoms with Crippen molar-refractivity contribution in [2.75, 3.05) is 33.4 Å². The fraction of sp³-hybridized carbons (Fsp3) is 0.600. The summed E-state index contributed by atoms with van der Waals surface area (Å²) in [6.07, 6.45) is 3.30. The summed E-state index contributed by atoms with van der Waals surface area (Å²) in [5, 5.41) is 13.4. The van der Waals surface area contributed by atoms with E-state index in [1.807, 2.05) is 0 Å². The van der Waals surface area contributed by atoms with E-state index < -0.39 is 12.1 Å². The SMILES string of the molecule is COC(=O)c1ccc(OCC(O)CN2CCC(NC(=O)C3CC3)CC2)cc1. The first kappa shape index (κ1) is 19.6. The standard InChI is InChI=1S/C20H28N2O5/c1-26-20(25)15-4-6-18(7-5-15)27-13-17(23)12-22-10-8-16(9-11-22)21-19(24)14-2-3-14/h4-7,14,16-17,23H,2-3,8-13H2,1H3,(H,21,24). The van der Waals surface area contributed by atoms with Gasteiger partial charge in [-0.05, 0) is 49.9 Å². The molecule has 0 spiro atoms. The summed E-state index contributed by atoms with van der Waals surface area (Å²) in [5.74, 6) is 0.672. The van der Waals surface area contributed by atoms with Crippen LogP contribution in [0.15, 0.2) is 24.3 Å². The summed E-state index contributed by atoms with van der Waals surface area (Å²) in [6.45, 7) is 2.46. The van der Waals surface area contributed by atoms with Crippen molar-refractivity contribution >= 4 is 11.9 Å². The molecule has 0 radical (unpaired) electrons. The van der Waals surface area contributed by atoms with Crippen LogP contribution in [0.25, 0.3) is 0 Å². The number of amides is 1. The molecule has 3 rings (SSSR count). The molecule has 2 aliphatic rings. The van der Waals surface area contributed by atoms with Gasteiger partial charge in [-0.25, -0.2) is 4.79 Å². The Kier molecular flexibility index (Phi) is 6.68. The van der Waals surface area contributed by atoms with Crippen LogP contribution in [-0.2, 0) is 9.53 Å². The van der Waals surface area contributed by atoms with E-state index in [0.717, 1.165) is 38.8 Å². The van der Waals surface area contributed by atoms with Crippen molar-refractivity contribution in [1.29, 1.82) is 0 Å². The number of rotatable bonds is 8. The molecule has 1 aromatic carbocycles. The topological polar surface area (TPSA) is 88.1 Å². The summed E-state index contributed by atoms with van der Waals surface area (Å²) >= 11 is 0. The molecule has 1 saturated carbocycles. The highest BCUT2D eigenvalue weighted by molar-refractivity contribution is 5.89. The van der Waals surface area contributed by atoms with E-state index in [-0.39, 0.29) is 24.5 Å². The molecule has 1 aliphatic carbocycles. The fourth-order valence-electron chi connectivity index (χ4n) is 3.27. The number of esters is 1. The molecule has 7 nitrogen and oxygen atoms in total. The van der Waals surface area contributed by atoms with E-state index in [9.17, 15) is 14.7 Å². The Hall–Kier alpha value is -2.12. The van der Waals surface area contributed by atoms with Crippen LogP contribution in [0.3, 0.4) is 0 Å². The Morgan fingerprint density at radius 3 is 2.44 bits per heavy atom. The van der Waals surface area contributed by atoms with Gasteiger partial charge >= 0.3 is 5.97 Å². The largest absolute Gasteiger partial charge is 0.491 e. The van der Waals surface area contributed by atoms with E-state index >= 15 is 0 Å². The van der Waals surface area contributed by atoms with Crippen molar-refractivity contribution in [1.82, 2.24) is 10.2 Å². The lowest BCUT2D eigenvalue weighted by atomic mass is 10.0. The Bertz CT molecular complexity index is 636. The third kappa shape index (κ3) is 5.94. The van der Waals surface area contributed by atoms with Crippen molar-refractivity contribution in [3.63, 3.8) is 0 Å². The van der Waals surface area contributed by atoms with Gasteiger partial charge in [0.2, 0.25) is 5.91 Å². The minimum Gasteiger partial charge on any atom is -0.491 e. The van der Waals surface area contributed by atoms with Crippen molar-refractivity contribution in [2.45, 2.75) is 37.8 Å². The number of methoxy groups -OCH3 is 1. The third-order valence-corrected chi connectivity index (χ3v) is 5.07. The summed E-state index contributed by atoms with van der Waals surface area (Å²) in [5.41, 5.74) is 0.460. The van der Waals surface area contributed by atoms with Gasteiger partial charge in [0, 0.05) is 31.6 Å². The lowest BCUT2D eigenvalue weighted by Crippen LogP contribution is -2.47. The van der Waals surface area contributed by atoms with Crippen LogP contribution in [0, 0.1) is 5.92 Å². The fourth-order valence-corrected chi connectivity index (χ4v) is 3.27. The molecule has 148 valence electrons. The summed E-state index contributed by atoms with van der Waals surface area (Å²) in [6, 6.07) is 6.90. The van der Waals surface area contributed by atoms with Crippen molar-refractivity contribution in [3.05, 3.63) is 29.8 Å². The van der Waals surface area contributed by atoms with Crippen LogP contribution >= 0.6 is 0 Å². The number of hydrogen-bond donors (Lipinski definition) is 2.